The van der Waals surface area contributed by atoms with Gasteiger partial charge in [-0.05, 0) is 62.8 Å². The minimum absolute atomic E-state index is 0.0462. The molecular weight excluding hydrogens is 314 g/mol. The fourth-order valence-corrected chi connectivity index (χ4v) is 4.60. The molecule has 0 atom stereocenters. The van der Waals surface area contributed by atoms with Crippen LogP contribution in [0.1, 0.15) is 43.5 Å². The monoisotopic (exact) mass is 335 g/mol. The molecule has 5 rings (SSSR count). The summed E-state index contributed by atoms with van der Waals surface area (Å²) in [6.45, 7) is 2.03. The van der Waals surface area contributed by atoms with Gasteiger partial charge < -0.3 is 9.84 Å². The van der Waals surface area contributed by atoms with E-state index in [0.29, 0.717) is 5.75 Å². The van der Waals surface area contributed by atoms with Gasteiger partial charge in [-0.3, -0.25) is 4.40 Å². The van der Waals surface area contributed by atoms with Crippen molar-refractivity contribution in [3.63, 3.8) is 0 Å². The second-order valence-electron chi connectivity index (χ2n) is 7.64. The lowest BCUT2D eigenvalue weighted by Crippen LogP contribution is -2.23. The fourth-order valence-electron chi connectivity index (χ4n) is 4.60. The summed E-state index contributed by atoms with van der Waals surface area (Å²) in [5, 5.41) is 19.5. The van der Waals surface area contributed by atoms with Crippen LogP contribution in [0.3, 0.4) is 0 Å². The molecule has 0 amide bonds. The van der Waals surface area contributed by atoms with Crippen LogP contribution in [0.4, 0.5) is 0 Å². The largest absolute Gasteiger partial charge is 0.453 e. The van der Waals surface area contributed by atoms with Crippen molar-refractivity contribution in [1.82, 2.24) is 14.6 Å². The van der Waals surface area contributed by atoms with Crippen molar-refractivity contribution in [1.29, 1.82) is 0 Å². The summed E-state index contributed by atoms with van der Waals surface area (Å²) >= 11 is 0. The third-order valence-electron chi connectivity index (χ3n) is 5.99. The van der Waals surface area contributed by atoms with Gasteiger partial charge in [0.05, 0.1) is 5.60 Å². The summed E-state index contributed by atoms with van der Waals surface area (Å²) in [5.74, 6) is 2.50. The number of hydrogen-bond donors (Lipinski definition) is 1. The molecule has 1 N–H and O–H groups in total. The van der Waals surface area contributed by atoms with Gasteiger partial charge in [-0.15, -0.1) is 10.2 Å². The molecule has 128 valence electrons. The normalized spacial score (nSPS) is 27.9. The second-order valence-corrected chi connectivity index (χ2v) is 7.64. The number of aliphatic hydroxyl groups is 1. The zero-order valence-electron chi connectivity index (χ0n) is 14.3. The molecule has 25 heavy (non-hydrogen) atoms. The fraction of sp³-hybridized carbons (Fsp3) is 0.400. The maximum Gasteiger partial charge on any atom is 0.203 e. The average molecular weight is 335 g/mol. The molecule has 0 aliphatic heterocycles. The number of pyridine rings is 1. The topological polar surface area (TPSA) is 59.7 Å². The van der Waals surface area contributed by atoms with Crippen LogP contribution < -0.4 is 4.74 Å². The molecule has 5 nitrogen and oxygen atoms in total. The van der Waals surface area contributed by atoms with Gasteiger partial charge in [0.2, 0.25) is 5.65 Å². The Labute approximate surface area is 146 Å². The van der Waals surface area contributed by atoms with E-state index >= 15 is 0 Å². The van der Waals surface area contributed by atoms with Crippen LogP contribution in [0.2, 0.25) is 0 Å². The Morgan fingerprint density at radius 3 is 2.48 bits per heavy atom. The third-order valence-corrected chi connectivity index (χ3v) is 5.99. The van der Waals surface area contributed by atoms with E-state index in [1.54, 1.807) is 0 Å². The van der Waals surface area contributed by atoms with E-state index in [2.05, 4.69) is 10.2 Å². The predicted octanol–water partition coefficient (Wildman–Crippen LogP) is 3.78. The zero-order chi connectivity index (χ0) is 17.1. The second kappa shape index (κ2) is 5.05. The Kier molecular flexibility index (Phi) is 3.01. The highest BCUT2D eigenvalue weighted by atomic mass is 16.5. The first-order chi connectivity index (χ1) is 12.1. The number of para-hydroxylation sites is 1. The Balaban J connectivity index is 1.58. The van der Waals surface area contributed by atoms with E-state index in [0.717, 1.165) is 54.9 Å². The molecule has 2 heterocycles. The molecule has 3 aromatic rings. The van der Waals surface area contributed by atoms with Crippen molar-refractivity contribution < 1.29 is 9.84 Å². The van der Waals surface area contributed by atoms with Crippen LogP contribution in [0.15, 0.2) is 42.6 Å². The highest BCUT2D eigenvalue weighted by Crippen LogP contribution is 2.57. The summed E-state index contributed by atoms with van der Waals surface area (Å²) in [7, 11) is 0. The number of ether oxygens (including phenoxy) is 1. The average Bonchev–Trinajstić information content (AvgIpc) is 3.28. The molecule has 0 saturated heterocycles. The van der Waals surface area contributed by atoms with Crippen molar-refractivity contribution in [2.45, 2.75) is 50.0 Å². The highest BCUT2D eigenvalue weighted by Gasteiger charge is 2.56. The van der Waals surface area contributed by atoms with Gasteiger partial charge >= 0.3 is 0 Å². The number of fused-ring (bicyclic) bond motifs is 3. The Bertz CT molecular complexity index is 954. The van der Waals surface area contributed by atoms with Gasteiger partial charge in [-0.2, -0.15) is 0 Å². The molecule has 2 aliphatic carbocycles. The lowest BCUT2D eigenvalue weighted by atomic mass is 9.83. The lowest BCUT2D eigenvalue weighted by molar-refractivity contribution is 0.0521. The first-order valence-electron chi connectivity index (χ1n) is 8.89. The summed E-state index contributed by atoms with van der Waals surface area (Å²) in [6, 6.07) is 11.9. The van der Waals surface area contributed by atoms with E-state index in [-0.39, 0.29) is 5.41 Å². The molecule has 5 heteroatoms. The molecule has 0 radical (unpaired) electrons. The van der Waals surface area contributed by atoms with E-state index < -0.39 is 5.60 Å². The van der Waals surface area contributed by atoms with Gasteiger partial charge in [0.15, 0.2) is 5.75 Å². The molecular formula is C20H21N3O2. The van der Waals surface area contributed by atoms with Gasteiger partial charge in [0.1, 0.15) is 11.6 Å². The van der Waals surface area contributed by atoms with Crippen molar-refractivity contribution in [3.05, 3.63) is 54.0 Å². The molecule has 0 spiro atoms. The standard InChI is InChI=1S/C20H21N3O2/c1-14-5-2-3-6-15(14)25-16-7-4-12-23-17(16)21-22-18(23)19-8-10-20(24,13-19)11-9-19/h2-7,12,24H,8-11,13H2,1H3. The molecule has 0 unspecified atom stereocenters. The number of rotatable bonds is 3. The van der Waals surface area contributed by atoms with Crippen LogP contribution in [0, 0.1) is 6.92 Å². The van der Waals surface area contributed by atoms with E-state index in [9.17, 15) is 5.11 Å². The van der Waals surface area contributed by atoms with Crippen LogP contribution in [0.25, 0.3) is 5.65 Å². The number of aryl methyl sites for hydroxylation is 1. The molecule has 2 fully saturated rings. The van der Waals surface area contributed by atoms with Crippen molar-refractivity contribution >= 4 is 5.65 Å². The maximum atomic E-state index is 10.6. The highest BCUT2D eigenvalue weighted by molar-refractivity contribution is 5.56. The molecule has 2 bridgehead atoms. The van der Waals surface area contributed by atoms with Crippen molar-refractivity contribution in [2.24, 2.45) is 0 Å². The Morgan fingerprint density at radius 1 is 1.00 bits per heavy atom. The van der Waals surface area contributed by atoms with Crippen LogP contribution in [-0.2, 0) is 5.41 Å². The number of hydrogen-bond acceptors (Lipinski definition) is 4. The van der Waals surface area contributed by atoms with Gasteiger partial charge in [0.25, 0.3) is 0 Å². The van der Waals surface area contributed by atoms with E-state index in [4.69, 9.17) is 4.74 Å². The maximum absolute atomic E-state index is 10.6. The molecule has 2 aromatic heterocycles. The smallest absolute Gasteiger partial charge is 0.203 e. The van der Waals surface area contributed by atoms with Gasteiger partial charge in [-0.25, -0.2) is 0 Å². The van der Waals surface area contributed by atoms with Crippen molar-refractivity contribution in [3.8, 4) is 11.5 Å². The minimum atomic E-state index is -0.499. The minimum Gasteiger partial charge on any atom is -0.453 e. The molecule has 1 aromatic carbocycles. The van der Waals surface area contributed by atoms with E-state index in [1.165, 1.54) is 0 Å². The number of aromatic nitrogens is 3. The SMILES string of the molecule is Cc1ccccc1Oc1cccn2c(C34CCC(O)(CC3)C4)nnc12. The zero-order valence-corrected chi connectivity index (χ0v) is 14.3. The Morgan fingerprint density at radius 2 is 1.76 bits per heavy atom. The van der Waals surface area contributed by atoms with Crippen molar-refractivity contribution in [2.75, 3.05) is 0 Å². The molecule has 2 saturated carbocycles. The predicted molar refractivity (Wildman–Crippen MR) is 94.0 cm³/mol. The number of nitrogens with zero attached hydrogens (tertiary/aromatic N) is 3. The van der Waals surface area contributed by atoms with Crippen LogP contribution in [-0.4, -0.2) is 25.3 Å². The van der Waals surface area contributed by atoms with E-state index in [1.807, 2.05) is 53.9 Å². The first kappa shape index (κ1) is 14.9. The van der Waals surface area contributed by atoms with Gasteiger partial charge in [-0.1, -0.05) is 18.2 Å². The van der Waals surface area contributed by atoms with Gasteiger partial charge in [0, 0.05) is 11.6 Å². The van der Waals surface area contributed by atoms with Crippen LogP contribution >= 0.6 is 0 Å². The summed E-state index contributed by atoms with van der Waals surface area (Å²) in [5.41, 5.74) is 1.27. The summed E-state index contributed by atoms with van der Waals surface area (Å²) < 4.78 is 8.17. The van der Waals surface area contributed by atoms with Crippen LogP contribution in [0.5, 0.6) is 11.5 Å². The molecule has 2 aliphatic rings. The Hall–Kier alpha value is -2.40. The quantitative estimate of drug-likeness (QED) is 0.791. The third kappa shape index (κ3) is 2.19. The first-order valence-corrected chi connectivity index (χ1v) is 8.89. The lowest BCUT2D eigenvalue weighted by Gasteiger charge is -2.24. The number of benzene rings is 1. The summed E-state index contributed by atoms with van der Waals surface area (Å²) in [6.07, 6.45) is 6.48. The summed E-state index contributed by atoms with van der Waals surface area (Å²) in [4.78, 5) is 0.